The third-order valence-corrected chi connectivity index (χ3v) is 4.37. The van der Waals surface area contributed by atoms with E-state index in [4.69, 9.17) is 4.74 Å². The van der Waals surface area contributed by atoms with E-state index in [9.17, 15) is 14.9 Å². The molecule has 0 spiro atoms. The maximum absolute atomic E-state index is 13.0. The van der Waals surface area contributed by atoms with Gasteiger partial charge in [-0.05, 0) is 18.2 Å². The highest BCUT2D eigenvalue weighted by Gasteiger charge is 2.50. The quantitative estimate of drug-likeness (QED) is 0.574. The van der Waals surface area contributed by atoms with Gasteiger partial charge in [0.2, 0.25) is 5.60 Å². The lowest BCUT2D eigenvalue weighted by Gasteiger charge is -2.29. The number of nitro benzene ring substituents is 1. The van der Waals surface area contributed by atoms with Crippen LogP contribution in [0.1, 0.15) is 11.1 Å². The van der Waals surface area contributed by atoms with Gasteiger partial charge in [0, 0.05) is 28.9 Å². The summed E-state index contributed by atoms with van der Waals surface area (Å²) in [5.41, 5.74) is 0.676. The summed E-state index contributed by atoms with van der Waals surface area (Å²) in [6.07, 6.45) is 0. The molecule has 0 aliphatic carbocycles. The predicted molar refractivity (Wildman–Crippen MR) is 96.0 cm³/mol. The van der Waals surface area contributed by atoms with E-state index in [-0.39, 0.29) is 11.6 Å². The van der Waals surface area contributed by atoms with Gasteiger partial charge in [0.25, 0.3) is 11.6 Å². The highest BCUT2D eigenvalue weighted by molar-refractivity contribution is 6.07. The molecule has 0 aromatic heterocycles. The monoisotopic (exact) mass is 346 g/mol. The number of carbonyl (C=O) groups excluding carboxylic acids is 1. The van der Waals surface area contributed by atoms with Crippen molar-refractivity contribution in [3.05, 3.63) is 100 Å². The number of fused-ring (bicyclic) bond motifs is 1. The van der Waals surface area contributed by atoms with E-state index in [0.717, 1.165) is 0 Å². The Hall–Kier alpha value is -3.67. The molecule has 0 saturated carbocycles. The zero-order chi connectivity index (χ0) is 18.1. The number of amides is 1. The van der Waals surface area contributed by atoms with E-state index in [1.54, 1.807) is 0 Å². The average molecular weight is 346 g/mol. The number of nitrogens with zero attached hydrogens (tertiary/aromatic N) is 1. The zero-order valence-corrected chi connectivity index (χ0v) is 13.6. The minimum absolute atomic E-state index is 0.0395. The van der Waals surface area contributed by atoms with Crippen LogP contribution in [0.4, 0.5) is 11.4 Å². The molecule has 1 atom stereocenters. The van der Waals surface area contributed by atoms with Crippen molar-refractivity contribution in [3.8, 4) is 5.75 Å². The molecule has 1 aliphatic rings. The number of rotatable bonds is 4. The van der Waals surface area contributed by atoms with Crippen LogP contribution in [0.3, 0.4) is 0 Å². The maximum atomic E-state index is 13.0. The number of non-ortho nitro benzene ring substituents is 1. The lowest BCUT2D eigenvalue weighted by molar-refractivity contribution is -0.384. The number of benzene rings is 3. The minimum atomic E-state index is -1.35. The van der Waals surface area contributed by atoms with Crippen LogP contribution in [-0.4, -0.2) is 10.8 Å². The Bertz CT molecular complexity index is 986. The van der Waals surface area contributed by atoms with Gasteiger partial charge in [0.15, 0.2) is 0 Å². The highest BCUT2D eigenvalue weighted by atomic mass is 16.6. The van der Waals surface area contributed by atoms with Crippen LogP contribution in [0.2, 0.25) is 0 Å². The minimum Gasteiger partial charge on any atom is -0.468 e. The zero-order valence-electron chi connectivity index (χ0n) is 13.6. The highest BCUT2D eigenvalue weighted by Crippen LogP contribution is 2.44. The van der Waals surface area contributed by atoms with Gasteiger partial charge >= 0.3 is 0 Å². The fourth-order valence-corrected chi connectivity index (χ4v) is 3.16. The van der Waals surface area contributed by atoms with Crippen molar-refractivity contribution >= 4 is 17.3 Å². The summed E-state index contributed by atoms with van der Waals surface area (Å²) in [5.74, 6) is 0.0644. The third-order valence-electron chi connectivity index (χ3n) is 4.37. The first-order valence-corrected chi connectivity index (χ1v) is 8.01. The van der Waals surface area contributed by atoms with Crippen molar-refractivity contribution in [1.29, 1.82) is 0 Å². The van der Waals surface area contributed by atoms with Crippen LogP contribution >= 0.6 is 0 Å². The van der Waals surface area contributed by atoms with Crippen LogP contribution in [-0.2, 0) is 10.4 Å². The summed E-state index contributed by atoms with van der Waals surface area (Å²) in [6, 6.07) is 22.2. The van der Waals surface area contributed by atoms with E-state index in [1.807, 2.05) is 54.6 Å². The Morgan fingerprint density at radius 2 is 1.54 bits per heavy atom. The van der Waals surface area contributed by atoms with E-state index in [1.165, 1.54) is 24.3 Å². The molecule has 1 unspecified atom stereocenters. The van der Waals surface area contributed by atoms with E-state index in [0.29, 0.717) is 22.6 Å². The molecule has 3 aromatic rings. The number of hydrogen-bond donors (Lipinski definition) is 1. The van der Waals surface area contributed by atoms with Crippen molar-refractivity contribution in [1.82, 2.24) is 0 Å². The first kappa shape index (κ1) is 15.8. The van der Waals surface area contributed by atoms with Gasteiger partial charge in [-0.1, -0.05) is 48.5 Å². The van der Waals surface area contributed by atoms with Gasteiger partial charge < -0.3 is 10.1 Å². The molecule has 0 fully saturated rings. The van der Waals surface area contributed by atoms with Crippen LogP contribution in [0.5, 0.6) is 5.75 Å². The van der Waals surface area contributed by atoms with Crippen LogP contribution in [0.15, 0.2) is 78.9 Å². The lowest BCUT2D eigenvalue weighted by atomic mass is 9.87. The number of para-hydroxylation sites is 1. The number of nitro groups is 1. The predicted octanol–water partition coefficient (Wildman–Crippen LogP) is 3.87. The molecule has 1 N–H and O–H groups in total. The summed E-state index contributed by atoms with van der Waals surface area (Å²) in [4.78, 5) is 23.4. The Labute approximate surface area is 149 Å². The van der Waals surface area contributed by atoms with Crippen LogP contribution < -0.4 is 10.1 Å². The number of hydrogen-bond acceptors (Lipinski definition) is 4. The molecule has 3 aromatic carbocycles. The molecule has 128 valence electrons. The number of nitrogens with one attached hydrogen (secondary N) is 1. The number of carbonyl (C=O) groups is 1. The summed E-state index contributed by atoms with van der Waals surface area (Å²) in [6.45, 7) is 0. The normalized spacial score (nSPS) is 18.1. The molecule has 26 heavy (non-hydrogen) atoms. The van der Waals surface area contributed by atoms with Crippen molar-refractivity contribution in [2.24, 2.45) is 0 Å². The molecule has 0 radical (unpaired) electrons. The summed E-state index contributed by atoms with van der Waals surface area (Å²) in [7, 11) is 0. The Morgan fingerprint density at radius 3 is 2.23 bits per heavy atom. The topological polar surface area (TPSA) is 81.5 Å². The average Bonchev–Trinajstić information content (AvgIpc) is 2.95. The third kappa shape index (κ3) is 2.39. The molecule has 1 heterocycles. The van der Waals surface area contributed by atoms with Crippen LogP contribution in [0, 0.1) is 10.1 Å². The Balaban J connectivity index is 1.85. The molecular weight excluding hydrogens is 332 g/mol. The van der Waals surface area contributed by atoms with Gasteiger partial charge in [0.1, 0.15) is 5.75 Å². The SMILES string of the molecule is O=C1Nc2ccccc2C1(Oc1ccc([N+](=O)[O-])cc1)c1ccccc1. The second-order valence-corrected chi connectivity index (χ2v) is 5.90. The second-order valence-electron chi connectivity index (χ2n) is 5.90. The molecule has 6 heteroatoms. The molecule has 1 amide bonds. The molecule has 0 saturated heterocycles. The standard InChI is InChI=1S/C20H14N2O4/c23-19-20(14-6-2-1-3-7-14,17-8-4-5-9-18(17)21-19)26-16-12-10-15(11-13-16)22(24)25/h1-13H,(H,21,23). The van der Waals surface area contributed by atoms with E-state index in [2.05, 4.69) is 5.32 Å². The smallest absolute Gasteiger partial charge is 0.278 e. The number of anilines is 1. The summed E-state index contributed by atoms with van der Waals surface area (Å²) < 4.78 is 6.19. The Kier molecular flexibility index (Phi) is 3.65. The summed E-state index contributed by atoms with van der Waals surface area (Å²) in [5, 5.41) is 13.7. The molecule has 0 bridgehead atoms. The first-order chi connectivity index (χ1) is 12.6. The molecule has 4 rings (SSSR count). The summed E-state index contributed by atoms with van der Waals surface area (Å²) >= 11 is 0. The maximum Gasteiger partial charge on any atom is 0.278 e. The lowest BCUT2D eigenvalue weighted by Crippen LogP contribution is -2.41. The van der Waals surface area contributed by atoms with Gasteiger partial charge in [-0.3, -0.25) is 14.9 Å². The van der Waals surface area contributed by atoms with Crippen molar-refractivity contribution in [2.75, 3.05) is 5.32 Å². The molecular formula is C20H14N2O4. The molecule has 6 nitrogen and oxygen atoms in total. The van der Waals surface area contributed by atoms with E-state index < -0.39 is 10.5 Å². The van der Waals surface area contributed by atoms with Gasteiger partial charge in [-0.25, -0.2) is 0 Å². The number of ether oxygens (including phenoxy) is 1. The van der Waals surface area contributed by atoms with Gasteiger partial charge in [0.05, 0.1) is 4.92 Å². The fourth-order valence-electron chi connectivity index (χ4n) is 3.16. The first-order valence-electron chi connectivity index (χ1n) is 8.01. The van der Waals surface area contributed by atoms with Crippen LogP contribution in [0.25, 0.3) is 0 Å². The van der Waals surface area contributed by atoms with Gasteiger partial charge in [-0.2, -0.15) is 0 Å². The largest absolute Gasteiger partial charge is 0.468 e. The fraction of sp³-hybridized carbons (Fsp3) is 0.0500. The van der Waals surface area contributed by atoms with Crippen molar-refractivity contribution in [3.63, 3.8) is 0 Å². The van der Waals surface area contributed by atoms with Gasteiger partial charge in [-0.15, -0.1) is 0 Å². The molecule has 1 aliphatic heterocycles. The van der Waals surface area contributed by atoms with Crippen molar-refractivity contribution in [2.45, 2.75) is 5.60 Å². The van der Waals surface area contributed by atoms with Crippen molar-refractivity contribution < 1.29 is 14.5 Å². The van der Waals surface area contributed by atoms with E-state index >= 15 is 0 Å². The Morgan fingerprint density at radius 1 is 0.885 bits per heavy atom. The second kappa shape index (κ2) is 6.00.